The lowest BCUT2D eigenvalue weighted by Crippen LogP contribution is -2.62. The molecule has 0 spiro atoms. The van der Waals surface area contributed by atoms with Crippen molar-refractivity contribution < 1.29 is 14.4 Å². The number of barbiturate groups is 1. The van der Waals surface area contributed by atoms with Crippen LogP contribution in [0.25, 0.3) is 0 Å². The van der Waals surface area contributed by atoms with Crippen molar-refractivity contribution >= 4 is 17.8 Å². The summed E-state index contributed by atoms with van der Waals surface area (Å²) in [6.45, 7) is 5.38. The lowest BCUT2D eigenvalue weighted by Gasteiger charge is -2.34. The third-order valence-corrected chi connectivity index (χ3v) is 2.96. The zero-order chi connectivity index (χ0) is 12.3. The first-order valence-electron chi connectivity index (χ1n) is 5.29. The van der Waals surface area contributed by atoms with Gasteiger partial charge in [-0.05, 0) is 20.3 Å². The van der Waals surface area contributed by atoms with Gasteiger partial charge < -0.3 is 0 Å². The molecule has 0 aromatic rings. The van der Waals surface area contributed by atoms with Crippen LogP contribution < -0.4 is 10.6 Å². The molecule has 1 aliphatic heterocycles. The van der Waals surface area contributed by atoms with Gasteiger partial charge in [-0.3, -0.25) is 20.2 Å². The SMILES string of the molecule is CC=C(C)C1(CCC)C(=O)NC(=O)NC1=O. The third-order valence-electron chi connectivity index (χ3n) is 2.96. The number of carbonyl (C=O) groups is 3. The molecule has 5 nitrogen and oxygen atoms in total. The van der Waals surface area contributed by atoms with Crippen molar-refractivity contribution in [3.05, 3.63) is 11.6 Å². The fraction of sp³-hybridized carbons (Fsp3) is 0.545. The minimum absolute atomic E-state index is 0.397. The first kappa shape index (κ1) is 12.4. The molecular weight excluding hydrogens is 208 g/mol. The predicted octanol–water partition coefficient (Wildman–Crippen LogP) is 1.11. The quantitative estimate of drug-likeness (QED) is 0.557. The number of hydrogen-bond donors (Lipinski definition) is 2. The second kappa shape index (κ2) is 4.47. The molecule has 0 bridgehead atoms. The van der Waals surface area contributed by atoms with E-state index in [0.29, 0.717) is 18.4 Å². The summed E-state index contributed by atoms with van der Waals surface area (Å²) in [4.78, 5) is 34.8. The number of urea groups is 1. The van der Waals surface area contributed by atoms with Gasteiger partial charge in [0.1, 0.15) is 5.41 Å². The first-order valence-corrected chi connectivity index (χ1v) is 5.29. The maximum Gasteiger partial charge on any atom is 0.328 e. The lowest BCUT2D eigenvalue weighted by molar-refractivity contribution is -0.142. The second-order valence-electron chi connectivity index (χ2n) is 3.86. The summed E-state index contributed by atoms with van der Waals surface area (Å²) < 4.78 is 0. The summed E-state index contributed by atoms with van der Waals surface area (Å²) in [6.07, 6.45) is 2.80. The van der Waals surface area contributed by atoms with Crippen molar-refractivity contribution in [1.29, 1.82) is 0 Å². The van der Waals surface area contributed by atoms with Gasteiger partial charge in [-0.2, -0.15) is 0 Å². The van der Waals surface area contributed by atoms with Crippen LogP contribution in [-0.4, -0.2) is 17.8 Å². The molecule has 1 heterocycles. The third kappa shape index (κ3) is 1.73. The van der Waals surface area contributed by atoms with Crippen LogP contribution in [0, 0.1) is 5.41 Å². The van der Waals surface area contributed by atoms with Gasteiger partial charge in [0.2, 0.25) is 11.8 Å². The fourth-order valence-electron chi connectivity index (χ4n) is 1.96. The summed E-state index contributed by atoms with van der Waals surface area (Å²) in [5.74, 6) is -1.06. The number of rotatable bonds is 3. The van der Waals surface area contributed by atoms with Gasteiger partial charge in [0.25, 0.3) is 0 Å². The number of allylic oxidation sites excluding steroid dienone is 1. The van der Waals surface area contributed by atoms with Crippen LogP contribution >= 0.6 is 0 Å². The summed E-state index contributed by atoms with van der Waals surface area (Å²) in [6, 6.07) is -0.745. The molecule has 5 heteroatoms. The van der Waals surface area contributed by atoms with Crippen LogP contribution in [0.15, 0.2) is 11.6 Å². The highest BCUT2D eigenvalue weighted by molar-refractivity contribution is 6.21. The van der Waals surface area contributed by atoms with Gasteiger partial charge in [0.05, 0.1) is 0 Å². The zero-order valence-corrected chi connectivity index (χ0v) is 9.72. The van der Waals surface area contributed by atoms with E-state index in [0.717, 1.165) is 0 Å². The van der Waals surface area contributed by atoms with E-state index in [1.165, 1.54) is 0 Å². The Morgan fingerprint density at radius 1 is 1.25 bits per heavy atom. The molecule has 0 saturated carbocycles. The van der Waals surface area contributed by atoms with E-state index in [1.54, 1.807) is 19.9 Å². The monoisotopic (exact) mass is 224 g/mol. The van der Waals surface area contributed by atoms with Crippen molar-refractivity contribution in [2.75, 3.05) is 0 Å². The zero-order valence-electron chi connectivity index (χ0n) is 9.72. The molecule has 4 amide bonds. The normalized spacial score (nSPS) is 20.4. The number of amides is 4. The molecule has 1 saturated heterocycles. The largest absolute Gasteiger partial charge is 0.328 e. The molecule has 1 fully saturated rings. The van der Waals surface area contributed by atoms with Gasteiger partial charge in [-0.15, -0.1) is 0 Å². The van der Waals surface area contributed by atoms with Crippen molar-refractivity contribution in [1.82, 2.24) is 10.6 Å². The van der Waals surface area contributed by atoms with Crippen LogP contribution in [-0.2, 0) is 9.59 Å². The van der Waals surface area contributed by atoms with Crippen LogP contribution in [0.2, 0.25) is 0 Å². The Morgan fingerprint density at radius 2 is 1.75 bits per heavy atom. The Labute approximate surface area is 94.3 Å². The molecule has 0 atom stereocenters. The maximum absolute atomic E-state index is 11.9. The lowest BCUT2D eigenvalue weighted by atomic mass is 9.74. The highest BCUT2D eigenvalue weighted by Crippen LogP contribution is 2.34. The fourth-order valence-corrected chi connectivity index (χ4v) is 1.96. The average Bonchev–Trinajstić information content (AvgIpc) is 2.22. The van der Waals surface area contributed by atoms with Crippen LogP contribution in [0.4, 0.5) is 4.79 Å². The Balaban J connectivity index is 3.22. The van der Waals surface area contributed by atoms with Crippen LogP contribution in [0.5, 0.6) is 0 Å². The summed E-state index contributed by atoms with van der Waals surface area (Å²) >= 11 is 0. The van der Waals surface area contributed by atoms with Crippen molar-refractivity contribution in [3.8, 4) is 0 Å². The van der Waals surface area contributed by atoms with Crippen molar-refractivity contribution in [2.24, 2.45) is 5.41 Å². The molecule has 0 aromatic carbocycles. The van der Waals surface area contributed by atoms with E-state index >= 15 is 0 Å². The molecule has 0 aromatic heterocycles. The van der Waals surface area contributed by atoms with Crippen LogP contribution in [0.3, 0.4) is 0 Å². The number of carbonyl (C=O) groups excluding carboxylic acids is 3. The van der Waals surface area contributed by atoms with E-state index in [2.05, 4.69) is 10.6 Å². The van der Waals surface area contributed by atoms with E-state index in [9.17, 15) is 14.4 Å². The smallest absolute Gasteiger partial charge is 0.277 e. The van der Waals surface area contributed by atoms with Gasteiger partial charge in [0, 0.05) is 0 Å². The number of nitrogens with one attached hydrogen (secondary N) is 2. The average molecular weight is 224 g/mol. The Bertz CT molecular complexity index is 351. The first-order chi connectivity index (χ1) is 7.48. The summed E-state index contributed by atoms with van der Waals surface area (Å²) in [5.41, 5.74) is -0.561. The molecule has 88 valence electrons. The van der Waals surface area contributed by atoms with Crippen LogP contribution in [0.1, 0.15) is 33.6 Å². The molecule has 0 unspecified atom stereocenters. The molecule has 0 radical (unpaired) electrons. The second-order valence-corrected chi connectivity index (χ2v) is 3.86. The summed E-state index contributed by atoms with van der Waals surface area (Å²) in [7, 11) is 0. The Hall–Kier alpha value is -1.65. The van der Waals surface area contributed by atoms with Gasteiger partial charge >= 0.3 is 6.03 Å². The van der Waals surface area contributed by atoms with E-state index < -0.39 is 23.3 Å². The number of hydrogen-bond acceptors (Lipinski definition) is 3. The van der Waals surface area contributed by atoms with Gasteiger partial charge in [-0.1, -0.05) is 25.0 Å². The highest BCUT2D eigenvalue weighted by Gasteiger charge is 2.50. The van der Waals surface area contributed by atoms with E-state index in [1.807, 2.05) is 6.92 Å². The molecule has 16 heavy (non-hydrogen) atoms. The van der Waals surface area contributed by atoms with Crippen molar-refractivity contribution in [2.45, 2.75) is 33.6 Å². The highest BCUT2D eigenvalue weighted by atomic mass is 16.2. The number of imide groups is 2. The predicted molar refractivity (Wildman–Crippen MR) is 58.5 cm³/mol. The molecule has 1 rings (SSSR count). The van der Waals surface area contributed by atoms with Crippen molar-refractivity contribution in [3.63, 3.8) is 0 Å². The Morgan fingerprint density at radius 3 is 2.12 bits per heavy atom. The Kier molecular flexibility index (Phi) is 3.47. The van der Waals surface area contributed by atoms with Gasteiger partial charge in [0.15, 0.2) is 0 Å². The molecule has 2 N–H and O–H groups in total. The topological polar surface area (TPSA) is 75.3 Å². The van der Waals surface area contributed by atoms with E-state index in [-0.39, 0.29) is 0 Å². The van der Waals surface area contributed by atoms with Gasteiger partial charge in [-0.25, -0.2) is 4.79 Å². The minimum atomic E-state index is -1.22. The standard InChI is InChI=1S/C11H16N2O3/c1-4-6-11(7(3)5-2)8(14)12-10(16)13-9(11)15/h5H,4,6H2,1-3H3,(H2,12,13,14,15,16). The molecule has 0 aliphatic carbocycles. The molecular formula is C11H16N2O3. The summed E-state index contributed by atoms with van der Waals surface area (Å²) in [5, 5.41) is 4.30. The minimum Gasteiger partial charge on any atom is -0.277 e. The van der Waals surface area contributed by atoms with E-state index in [4.69, 9.17) is 0 Å². The maximum atomic E-state index is 11.9. The molecule has 1 aliphatic rings.